The smallest absolute Gasteiger partial charge is 0.338 e. The van der Waals surface area contributed by atoms with Crippen LogP contribution in [0.1, 0.15) is 28.4 Å². The van der Waals surface area contributed by atoms with Gasteiger partial charge in [-0.2, -0.15) is 0 Å². The fraction of sp³-hybridized carbons (Fsp3) is 0.278. The number of anilines is 1. The van der Waals surface area contributed by atoms with E-state index in [1.54, 1.807) is 13.0 Å². The average molecular weight is 345 g/mol. The van der Waals surface area contributed by atoms with Crippen LogP contribution in [0, 0.1) is 6.92 Å². The van der Waals surface area contributed by atoms with Crippen molar-refractivity contribution < 1.29 is 17.9 Å². The molecule has 0 spiro atoms. The first-order valence-electron chi connectivity index (χ1n) is 7.67. The first kappa shape index (κ1) is 16.5. The van der Waals surface area contributed by atoms with Crippen molar-refractivity contribution in [3.8, 4) is 0 Å². The fourth-order valence-electron chi connectivity index (χ4n) is 3.11. The third-order valence-corrected chi connectivity index (χ3v) is 6.24. The quantitative estimate of drug-likeness (QED) is 0.803. The van der Waals surface area contributed by atoms with E-state index in [0.29, 0.717) is 17.7 Å². The molecule has 2 aromatic carbocycles. The number of hydrogen-bond donors (Lipinski definition) is 0. The maximum Gasteiger partial charge on any atom is 0.338 e. The molecule has 0 saturated carbocycles. The van der Waals surface area contributed by atoms with E-state index in [1.807, 2.05) is 31.2 Å². The average Bonchev–Trinajstić information content (AvgIpc) is 2.90. The highest BCUT2D eigenvalue weighted by Gasteiger charge is 2.36. The standard InChI is InChI=1S/C18H19NO4S/c1-12-8-9-15(11-16(12)18(20)23-3)24(21,22)19-13(2)10-14-6-4-5-7-17(14)19/h4-9,11,13H,10H2,1-3H3/t13-/m0/s1. The molecule has 1 heterocycles. The number of carbonyl (C=O) groups is 1. The van der Waals surface area contributed by atoms with Crippen molar-refractivity contribution in [1.82, 2.24) is 0 Å². The van der Waals surface area contributed by atoms with E-state index in [2.05, 4.69) is 0 Å². The van der Waals surface area contributed by atoms with E-state index in [0.717, 1.165) is 5.56 Å². The van der Waals surface area contributed by atoms with E-state index in [4.69, 9.17) is 4.74 Å². The van der Waals surface area contributed by atoms with E-state index in [1.165, 1.54) is 23.5 Å². The van der Waals surface area contributed by atoms with Crippen LogP contribution in [0.15, 0.2) is 47.4 Å². The number of fused-ring (bicyclic) bond motifs is 1. The largest absolute Gasteiger partial charge is 0.465 e. The third kappa shape index (κ3) is 2.57. The van der Waals surface area contributed by atoms with Crippen LogP contribution in [-0.4, -0.2) is 27.5 Å². The zero-order chi connectivity index (χ0) is 17.5. The zero-order valence-electron chi connectivity index (χ0n) is 13.8. The van der Waals surface area contributed by atoms with Gasteiger partial charge < -0.3 is 4.74 Å². The van der Waals surface area contributed by atoms with Gasteiger partial charge in [-0.15, -0.1) is 0 Å². The van der Waals surface area contributed by atoms with Gasteiger partial charge >= 0.3 is 5.97 Å². The van der Waals surface area contributed by atoms with Crippen molar-refractivity contribution in [1.29, 1.82) is 0 Å². The summed E-state index contributed by atoms with van der Waals surface area (Å²) in [6.45, 7) is 3.63. The highest BCUT2D eigenvalue weighted by molar-refractivity contribution is 7.92. The van der Waals surface area contributed by atoms with E-state index in [-0.39, 0.29) is 16.5 Å². The number of para-hydroxylation sites is 1. The number of methoxy groups -OCH3 is 1. The number of carbonyl (C=O) groups excluding carboxylic acids is 1. The zero-order valence-corrected chi connectivity index (χ0v) is 14.6. The molecule has 0 amide bonds. The molecule has 24 heavy (non-hydrogen) atoms. The molecule has 5 nitrogen and oxygen atoms in total. The molecule has 0 aliphatic carbocycles. The van der Waals surface area contributed by atoms with E-state index >= 15 is 0 Å². The Morgan fingerprint density at radius 1 is 1.21 bits per heavy atom. The summed E-state index contributed by atoms with van der Waals surface area (Å²) in [7, 11) is -2.48. The van der Waals surface area contributed by atoms with Gasteiger partial charge in [0, 0.05) is 6.04 Å². The van der Waals surface area contributed by atoms with Gasteiger partial charge in [0.15, 0.2) is 0 Å². The van der Waals surface area contributed by atoms with Gasteiger partial charge in [-0.05, 0) is 49.6 Å². The first-order valence-corrected chi connectivity index (χ1v) is 9.11. The predicted octanol–water partition coefficient (Wildman–Crippen LogP) is 2.92. The summed E-state index contributed by atoms with van der Waals surface area (Å²) in [5.74, 6) is -0.542. The summed E-state index contributed by atoms with van der Waals surface area (Å²) >= 11 is 0. The number of hydrogen-bond acceptors (Lipinski definition) is 4. The summed E-state index contributed by atoms with van der Waals surface area (Å²) in [6.07, 6.45) is 0.672. The van der Waals surface area contributed by atoms with Crippen LogP contribution in [0.4, 0.5) is 5.69 Å². The molecule has 1 atom stereocenters. The first-order chi connectivity index (χ1) is 11.4. The minimum absolute atomic E-state index is 0.0945. The van der Waals surface area contributed by atoms with Crippen LogP contribution < -0.4 is 4.31 Å². The monoisotopic (exact) mass is 345 g/mol. The molecular formula is C18H19NO4S. The molecule has 3 rings (SSSR count). The lowest BCUT2D eigenvalue weighted by molar-refractivity contribution is 0.0599. The third-order valence-electron chi connectivity index (χ3n) is 4.32. The second kappa shape index (κ2) is 5.94. The Balaban J connectivity index is 2.11. The predicted molar refractivity (Wildman–Crippen MR) is 91.8 cm³/mol. The number of aryl methyl sites for hydroxylation is 1. The van der Waals surface area contributed by atoms with E-state index < -0.39 is 16.0 Å². The van der Waals surface area contributed by atoms with Crippen LogP contribution in [0.5, 0.6) is 0 Å². The number of esters is 1. The number of sulfonamides is 1. The lowest BCUT2D eigenvalue weighted by Gasteiger charge is -2.24. The van der Waals surface area contributed by atoms with Crippen molar-refractivity contribution >= 4 is 21.7 Å². The molecule has 0 fully saturated rings. The Morgan fingerprint density at radius 3 is 2.62 bits per heavy atom. The number of benzene rings is 2. The summed E-state index contributed by atoms with van der Waals surface area (Å²) in [5.41, 5.74) is 2.65. The SMILES string of the molecule is COC(=O)c1cc(S(=O)(=O)N2c3ccccc3C[C@@H]2C)ccc1C. The van der Waals surface area contributed by atoms with Gasteiger partial charge in [0.05, 0.1) is 23.3 Å². The topological polar surface area (TPSA) is 63.7 Å². The molecule has 0 aromatic heterocycles. The summed E-state index contributed by atoms with van der Waals surface area (Å²) in [5, 5.41) is 0. The highest BCUT2D eigenvalue weighted by Crippen LogP contribution is 2.36. The number of nitrogens with zero attached hydrogens (tertiary/aromatic N) is 1. The fourth-order valence-corrected chi connectivity index (χ4v) is 4.83. The van der Waals surface area contributed by atoms with Gasteiger partial charge in [0.2, 0.25) is 0 Å². The summed E-state index contributed by atoms with van der Waals surface area (Å²) < 4.78 is 32.5. The Kier molecular flexibility index (Phi) is 4.09. The maximum absolute atomic E-state index is 13.2. The molecule has 2 aromatic rings. The molecule has 1 aliphatic heterocycles. The molecule has 0 bridgehead atoms. The van der Waals surface area contributed by atoms with Gasteiger partial charge in [0.1, 0.15) is 0 Å². The minimum atomic E-state index is -3.76. The van der Waals surface area contributed by atoms with Crippen LogP contribution in [-0.2, 0) is 21.2 Å². The van der Waals surface area contributed by atoms with Crippen LogP contribution in [0.2, 0.25) is 0 Å². The molecule has 1 aliphatic rings. The highest BCUT2D eigenvalue weighted by atomic mass is 32.2. The molecule has 126 valence electrons. The van der Waals surface area contributed by atoms with Gasteiger partial charge in [-0.25, -0.2) is 13.2 Å². The van der Waals surface area contributed by atoms with E-state index in [9.17, 15) is 13.2 Å². The Labute approximate surface area is 141 Å². The molecule has 0 radical (unpaired) electrons. The Bertz CT molecular complexity index is 905. The van der Waals surface area contributed by atoms with Crippen LogP contribution >= 0.6 is 0 Å². The van der Waals surface area contributed by atoms with Crippen LogP contribution in [0.25, 0.3) is 0 Å². The number of rotatable bonds is 3. The summed E-state index contributed by atoms with van der Waals surface area (Å²) in [6, 6.07) is 11.9. The Morgan fingerprint density at radius 2 is 1.92 bits per heavy atom. The molecule has 0 N–H and O–H groups in total. The second-order valence-electron chi connectivity index (χ2n) is 5.95. The number of ether oxygens (including phenoxy) is 1. The molecular weight excluding hydrogens is 326 g/mol. The van der Waals surface area contributed by atoms with Crippen molar-refractivity contribution in [3.63, 3.8) is 0 Å². The van der Waals surface area contributed by atoms with Gasteiger partial charge in [-0.3, -0.25) is 4.31 Å². The summed E-state index contributed by atoms with van der Waals surface area (Å²) in [4.78, 5) is 12.0. The normalized spacial score (nSPS) is 16.8. The van der Waals surface area contributed by atoms with Crippen molar-refractivity contribution in [3.05, 3.63) is 59.2 Å². The lowest BCUT2D eigenvalue weighted by atomic mass is 10.1. The van der Waals surface area contributed by atoms with Crippen molar-refractivity contribution in [2.45, 2.75) is 31.2 Å². The molecule has 0 saturated heterocycles. The van der Waals surface area contributed by atoms with Gasteiger partial charge in [-0.1, -0.05) is 24.3 Å². The molecule has 6 heteroatoms. The molecule has 0 unspecified atom stereocenters. The van der Waals surface area contributed by atoms with Crippen molar-refractivity contribution in [2.24, 2.45) is 0 Å². The van der Waals surface area contributed by atoms with Crippen LogP contribution in [0.3, 0.4) is 0 Å². The maximum atomic E-state index is 13.2. The van der Waals surface area contributed by atoms with Crippen molar-refractivity contribution in [2.75, 3.05) is 11.4 Å². The lowest BCUT2D eigenvalue weighted by Crippen LogP contribution is -2.35. The second-order valence-corrected chi connectivity index (χ2v) is 7.77. The minimum Gasteiger partial charge on any atom is -0.465 e. The Hall–Kier alpha value is -2.34. The van der Waals surface area contributed by atoms with Gasteiger partial charge in [0.25, 0.3) is 10.0 Å².